The van der Waals surface area contributed by atoms with Crippen LogP contribution in [0.3, 0.4) is 0 Å². The predicted molar refractivity (Wildman–Crippen MR) is 120 cm³/mol. The topological polar surface area (TPSA) is 120 Å². The quantitative estimate of drug-likeness (QED) is 0.403. The summed E-state index contributed by atoms with van der Waals surface area (Å²) in [7, 11) is -3.58. The summed E-state index contributed by atoms with van der Waals surface area (Å²) in [5.41, 5.74) is 7.31. The molecule has 1 aliphatic heterocycles. The number of amides is 1. The van der Waals surface area contributed by atoms with E-state index in [-0.39, 0.29) is 28.6 Å². The molecule has 2 aromatic rings. The van der Waals surface area contributed by atoms with E-state index in [1.54, 1.807) is 41.3 Å². The third-order valence-electron chi connectivity index (χ3n) is 4.85. The van der Waals surface area contributed by atoms with Gasteiger partial charge >= 0.3 is 0 Å². The van der Waals surface area contributed by atoms with Crippen molar-refractivity contribution in [1.29, 1.82) is 5.26 Å². The van der Waals surface area contributed by atoms with Gasteiger partial charge in [0, 0.05) is 38.1 Å². The van der Waals surface area contributed by atoms with Gasteiger partial charge < -0.3 is 16.0 Å². The number of carbonyl (C=O) groups is 1. The molecule has 0 aromatic heterocycles. The number of rotatable bonds is 5. The molecule has 8 nitrogen and oxygen atoms in total. The summed E-state index contributed by atoms with van der Waals surface area (Å²) in [6.45, 7) is 3.09. The Labute approximate surface area is 186 Å². The number of nitrogens with one attached hydrogen (secondary N) is 1. The minimum Gasteiger partial charge on any atom is -0.399 e. The van der Waals surface area contributed by atoms with Crippen molar-refractivity contribution in [3.8, 4) is 6.07 Å². The summed E-state index contributed by atoms with van der Waals surface area (Å²) in [5.74, 6) is -0.608. The maximum Gasteiger partial charge on any atom is 0.267 e. The fraction of sp³-hybridized carbons (Fsp3) is 0.238. The normalized spacial score (nSPS) is 15.4. The third-order valence-corrected chi connectivity index (χ3v) is 7.08. The SMILES string of the molecule is Cc1ccc(S(=O)(=O)N2CCN(/C=C(/C#N)C(=O)Nc3ccc(N)cc3Cl)CC2)cc1. The molecule has 2 aromatic carbocycles. The summed E-state index contributed by atoms with van der Waals surface area (Å²) < 4.78 is 27.0. The Kier molecular flexibility index (Phi) is 6.85. The van der Waals surface area contributed by atoms with Crippen LogP contribution in [-0.2, 0) is 14.8 Å². The zero-order valence-corrected chi connectivity index (χ0v) is 18.4. The Hall–Kier alpha value is -3.06. The number of nitrogens with two attached hydrogens (primary N) is 1. The summed E-state index contributed by atoms with van der Waals surface area (Å²) in [6.07, 6.45) is 1.44. The van der Waals surface area contributed by atoms with Crippen LogP contribution in [0.2, 0.25) is 5.02 Å². The molecule has 0 bridgehead atoms. The van der Waals surface area contributed by atoms with E-state index < -0.39 is 15.9 Å². The molecule has 0 unspecified atom stereocenters. The fourth-order valence-corrected chi connectivity index (χ4v) is 4.73. The molecule has 0 radical (unpaired) electrons. The Bertz CT molecular complexity index is 1150. The van der Waals surface area contributed by atoms with Crippen LogP contribution >= 0.6 is 11.6 Å². The number of piperazine rings is 1. The molecule has 10 heteroatoms. The predicted octanol–water partition coefficient (Wildman–Crippen LogP) is 2.58. The highest BCUT2D eigenvalue weighted by molar-refractivity contribution is 7.89. The highest BCUT2D eigenvalue weighted by Gasteiger charge is 2.28. The largest absolute Gasteiger partial charge is 0.399 e. The molecule has 1 saturated heterocycles. The monoisotopic (exact) mass is 459 g/mol. The highest BCUT2D eigenvalue weighted by atomic mass is 35.5. The minimum absolute atomic E-state index is 0.109. The maximum atomic E-state index is 12.8. The molecule has 1 heterocycles. The van der Waals surface area contributed by atoms with E-state index in [0.29, 0.717) is 24.5 Å². The van der Waals surface area contributed by atoms with Crippen molar-refractivity contribution in [3.05, 3.63) is 64.8 Å². The second-order valence-corrected chi connectivity index (χ2v) is 9.45. The Morgan fingerprint density at radius 1 is 1.16 bits per heavy atom. The van der Waals surface area contributed by atoms with Crippen LogP contribution in [0.25, 0.3) is 0 Å². The number of hydrogen-bond donors (Lipinski definition) is 2. The van der Waals surface area contributed by atoms with Gasteiger partial charge in [-0.1, -0.05) is 29.3 Å². The van der Waals surface area contributed by atoms with E-state index in [9.17, 15) is 18.5 Å². The average molecular weight is 460 g/mol. The van der Waals surface area contributed by atoms with Gasteiger partial charge in [-0.2, -0.15) is 9.57 Å². The molecule has 0 atom stereocenters. The van der Waals surface area contributed by atoms with Crippen LogP contribution in [0.5, 0.6) is 0 Å². The lowest BCUT2D eigenvalue weighted by Gasteiger charge is -2.33. The van der Waals surface area contributed by atoms with Crippen molar-refractivity contribution in [2.45, 2.75) is 11.8 Å². The number of benzene rings is 2. The van der Waals surface area contributed by atoms with Gasteiger partial charge in [0.25, 0.3) is 5.91 Å². The summed E-state index contributed by atoms with van der Waals surface area (Å²) >= 11 is 6.06. The zero-order chi connectivity index (χ0) is 22.6. The van der Waals surface area contributed by atoms with Crippen LogP contribution < -0.4 is 11.1 Å². The van der Waals surface area contributed by atoms with Crippen LogP contribution in [0.1, 0.15) is 5.56 Å². The van der Waals surface area contributed by atoms with Crippen molar-refractivity contribution in [1.82, 2.24) is 9.21 Å². The fourth-order valence-electron chi connectivity index (χ4n) is 3.08. The van der Waals surface area contributed by atoms with E-state index in [2.05, 4.69) is 5.32 Å². The molecule has 0 spiro atoms. The molecular weight excluding hydrogens is 438 g/mol. The number of anilines is 2. The first-order valence-electron chi connectivity index (χ1n) is 9.50. The summed E-state index contributed by atoms with van der Waals surface area (Å²) in [6, 6.07) is 13.2. The van der Waals surface area contributed by atoms with Crippen molar-refractivity contribution < 1.29 is 13.2 Å². The minimum atomic E-state index is -3.58. The first kappa shape index (κ1) is 22.6. The molecule has 0 saturated carbocycles. The molecule has 1 amide bonds. The van der Waals surface area contributed by atoms with Gasteiger partial charge in [0.1, 0.15) is 11.6 Å². The second kappa shape index (κ2) is 9.39. The second-order valence-electron chi connectivity index (χ2n) is 7.10. The standard InChI is InChI=1S/C21H22ClN5O3S/c1-15-2-5-18(6-3-15)31(29,30)27-10-8-26(9-11-27)14-16(13-23)21(28)25-20-7-4-17(24)12-19(20)22/h2-7,12,14H,8-11,24H2,1H3,(H,25,28)/b16-14-. The summed E-state index contributed by atoms with van der Waals surface area (Å²) in [4.78, 5) is 14.5. The van der Waals surface area contributed by atoms with Gasteiger partial charge in [-0.25, -0.2) is 8.42 Å². The smallest absolute Gasteiger partial charge is 0.267 e. The van der Waals surface area contributed by atoms with Gasteiger partial charge in [0.05, 0.1) is 15.6 Å². The van der Waals surface area contributed by atoms with Crippen molar-refractivity contribution in [3.63, 3.8) is 0 Å². The Morgan fingerprint density at radius 2 is 1.81 bits per heavy atom. The number of halogens is 1. The van der Waals surface area contributed by atoms with E-state index in [0.717, 1.165) is 5.56 Å². The first-order valence-corrected chi connectivity index (χ1v) is 11.3. The highest BCUT2D eigenvalue weighted by Crippen LogP contribution is 2.24. The maximum absolute atomic E-state index is 12.8. The number of hydrogen-bond acceptors (Lipinski definition) is 6. The van der Waals surface area contributed by atoms with E-state index in [1.165, 1.54) is 16.6 Å². The van der Waals surface area contributed by atoms with Gasteiger partial charge in [0.15, 0.2) is 0 Å². The first-order chi connectivity index (χ1) is 14.7. The molecule has 3 N–H and O–H groups in total. The number of aryl methyl sites for hydroxylation is 1. The van der Waals surface area contributed by atoms with Gasteiger partial charge in [-0.05, 0) is 37.3 Å². The zero-order valence-electron chi connectivity index (χ0n) is 16.9. The lowest BCUT2D eigenvalue weighted by atomic mass is 10.2. The molecule has 162 valence electrons. The number of nitriles is 1. The van der Waals surface area contributed by atoms with Crippen molar-refractivity contribution in [2.75, 3.05) is 37.2 Å². The van der Waals surface area contributed by atoms with E-state index >= 15 is 0 Å². The van der Waals surface area contributed by atoms with Crippen LogP contribution in [0.4, 0.5) is 11.4 Å². The molecule has 31 heavy (non-hydrogen) atoms. The summed E-state index contributed by atoms with van der Waals surface area (Å²) in [5, 5.41) is 12.3. The molecule has 0 aliphatic carbocycles. The van der Waals surface area contributed by atoms with E-state index in [1.807, 2.05) is 13.0 Å². The van der Waals surface area contributed by atoms with Crippen LogP contribution in [0, 0.1) is 18.3 Å². The number of nitrogen functional groups attached to an aromatic ring is 1. The van der Waals surface area contributed by atoms with Crippen molar-refractivity contribution >= 4 is 38.9 Å². The molecular formula is C21H22ClN5O3S. The van der Waals surface area contributed by atoms with Crippen LogP contribution in [-0.4, -0.2) is 49.7 Å². The molecule has 1 aliphatic rings. The number of sulfonamides is 1. The number of nitrogens with zero attached hydrogens (tertiary/aromatic N) is 3. The number of carbonyl (C=O) groups excluding carboxylic acids is 1. The van der Waals surface area contributed by atoms with E-state index in [4.69, 9.17) is 17.3 Å². The Balaban J connectivity index is 1.65. The van der Waals surface area contributed by atoms with Crippen LogP contribution in [0.15, 0.2) is 59.1 Å². The van der Waals surface area contributed by atoms with Gasteiger partial charge in [0.2, 0.25) is 10.0 Å². The van der Waals surface area contributed by atoms with Gasteiger partial charge in [-0.15, -0.1) is 0 Å². The van der Waals surface area contributed by atoms with Gasteiger partial charge in [-0.3, -0.25) is 4.79 Å². The lowest BCUT2D eigenvalue weighted by molar-refractivity contribution is -0.112. The van der Waals surface area contributed by atoms with Crippen molar-refractivity contribution in [2.24, 2.45) is 0 Å². The molecule has 3 rings (SSSR count). The lowest BCUT2D eigenvalue weighted by Crippen LogP contribution is -2.46. The molecule has 1 fully saturated rings. The third kappa shape index (κ3) is 5.35. The average Bonchev–Trinajstić information content (AvgIpc) is 2.74. The Morgan fingerprint density at radius 3 is 2.39 bits per heavy atom.